The van der Waals surface area contributed by atoms with E-state index in [0.717, 1.165) is 0 Å². The van der Waals surface area contributed by atoms with Crippen molar-refractivity contribution in [3.63, 3.8) is 0 Å². The van der Waals surface area contributed by atoms with E-state index in [1.807, 2.05) is 0 Å². The highest BCUT2D eigenvalue weighted by molar-refractivity contribution is 6.70. The van der Waals surface area contributed by atoms with Crippen LogP contribution in [0.3, 0.4) is 0 Å². The summed E-state index contributed by atoms with van der Waals surface area (Å²) >= 11 is 0. The molecule has 1 aliphatic rings. The predicted molar refractivity (Wildman–Crippen MR) is 81.2 cm³/mol. The minimum atomic E-state index is -1.71. The van der Waals surface area contributed by atoms with Crippen LogP contribution in [0.5, 0.6) is 0 Å². The Morgan fingerprint density at radius 1 is 0.947 bits per heavy atom. The van der Waals surface area contributed by atoms with Crippen molar-refractivity contribution in [1.29, 1.82) is 0 Å². The van der Waals surface area contributed by atoms with E-state index >= 15 is 0 Å². The Hall–Kier alpha value is 0.234. The van der Waals surface area contributed by atoms with E-state index in [1.165, 1.54) is 0 Å². The van der Waals surface area contributed by atoms with E-state index in [-0.39, 0.29) is 24.6 Å². The molecule has 114 valence electrons. The molecule has 1 fully saturated rings. The number of methoxy groups -OCH3 is 1. The van der Waals surface area contributed by atoms with Crippen molar-refractivity contribution in [2.75, 3.05) is 13.7 Å². The zero-order valence-electron chi connectivity index (χ0n) is 13.2. The van der Waals surface area contributed by atoms with Gasteiger partial charge in [-0.05, 0) is 39.3 Å². The number of rotatable bonds is 6. The maximum absolute atomic E-state index is 6.24. The third kappa shape index (κ3) is 5.26. The van der Waals surface area contributed by atoms with Gasteiger partial charge >= 0.3 is 0 Å². The fourth-order valence-corrected chi connectivity index (χ4v) is 4.32. The molecule has 2 N–H and O–H groups in total. The van der Waals surface area contributed by atoms with Gasteiger partial charge in [-0.25, -0.2) is 0 Å². The molecule has 1 aliphatic heterocycles. The lowest BCUT2D eigenvalue weighted by Crippen LogP contribution is -2.49. The fourth-order valence-electron chi connectivity index (χ4n) is 2.16. The van der Waals surface area contributed by atoms with E-state index in [2.05, 4.69) is 39.3 Å². The van der Waals surface area contributed by atoms with Crippen molar-refractivity contribution in [1.82, 2.24) is 0 Å². The molecule has 0 aromatic rings. The third-order valence-electron chi connectivity index (χ3n) is 2.71. The molecule has 0 aliphatic carbocycles. The first kappa shape index (κ1) is 17.3. The second kappa shape index (κ2) is 6.34. The Balaban J connectivity index is 2.90. The van der Waals surface area contributed by atoms with E-state index < -0.39 is 16.6 Å². The van der Waals surface area contributed by atoms with Gasteiger partial charge in [0.05, 0.1) is 0 Å². The summed E-state index contributed by atoms with van der Waals surface area (Å²) in [6, 6.07) is 0. The monoisotopic (exact) mass is 307 g/mol. The summed E-state index contributed by atoms with van der Waals surface area (Å²) in [5.41, 5.74) is 5.80. The topological polar surface area (TPSA) is 62.9 Å². The highest BCUT2D eigenvalue weighted by Crippen LogP contribution is 2.31. The molecule has 4 atom stereocenters. The van der Waals surface area contributed by atoms with Crippen molar-refractivity contribution in [3.05, 3.63) is 0 Å². The lowest BCUT2D eigenvalue weighted by atomic mass is 10.1. The summed E-state index contributed by atoms with van der Waals surface area (Å²) < 4.78 is 23.7. The largest absolute Gasteiger partial charge is 0.409 e. The lowest BCUT2D eigenvalue weighted by molar-refractivity contribution is -0.143. The van der Waals surface area contributed by atoms with Gasteiger partial charge in [0.1, 0.15) is 18.3 Å². The summed E-state index contributed by atoms with van der Waals surface area (Å²) in [7, 11) is -1.77. The molecule has 5 nitrogen and oxygen atoms in total. The van der Waals surface area contributed by atoms with Crippen LogP contribution in [0, 0.1) is 0 Å². The SMILES string of the molecule is CO[C@H]1O[C@H](CN)[C@@H](O[Si](C)(C)C)[C@H]1O[Si](C)(C)C. The average molecular weight is 308 g/mol. The summed E-state index contributed by atoms with van der Waals surface area (Å²) in [6.45, 7) is 13.4. The minimum absolute atomic E-state index is 0.131. The molecule has 7 heteroatoms. The Kier molecular flexibility index (Phi) is 5.77. The van der Waals surface area contributed by atoms with Crippen LogP contribution in [-0.4, -0.2) is 54.9 Å². The van der Waals surface area contributed by atoms with Crippen molar-refractivity contribution >= 4 is 16.6 Å². The number of nitrogens with two attached hydrogens (primary N) is 1. The maximum Gasteiger partial charge on any atom is 0.185 e. The molecule has 1 saturated heterocycles. The summed E-state index contributed by atoms with van der Waals surface area (Å²) in [6.07, 6.45) is -0.857. The van der Waals surface area contributed by atoms with Crippen molar-refractivity contribution in [3.8, 4) is 0 Å². The first-order chi connectivity index (χ1) is 8.57. The molecule has 1 rings (SSSR count). The Bertz CT molecular complexity index is 262. The molecular formula is C12H29NO4Si2. The molecular weight excluding hydrogens is 278 g/mol. The van der Waals surface area contributed by atoms with Gasteiger partial charge in [0.2, 0.25) is 0 Å². The molecule has 1 heterocycles. The van der Waals surface area contributed by atoms with Crippen LogP contribution in [0.25, 0.3) is 0 Å². The molecule has 0 aromatic heterocycles. The van der Waals surface area contributed by atoms with Gasteiger partial charge in [-0.15, -0.1) is 0 Å². The molecule has 0 bridgehead atoms. The predicted octanol–water partition coefficient (Wildman–Crippen LogP) is 1.76. The van der Waals surface area contributed by atoms with Gasteiger partial charge in [-0.2, -0.15) is 0 Å². The van der Waals surface area contributed by atoms with Gasteiger partial charge in [-0.1, -0.05) is 0 Å². The Morgan fingerprint density at radius 2 is 1.42 bits per heavy atom. The Morgan fingerprint density at radius 3 is 1.79 bits per heavy atom. The molecule has 0 amide bonds. The van der Waals surface area contributed by atoms with Crippen LogP contribution >= 0.6 is 0 Å². The zero-order chi connectivity index (χ0) is 14.8. The second-order valence-electron chi connectivity index (χ2n) is 6.90. The van der Waals surface area contributed by atoms with Gasteiger partial charge in [-0.3, -0.25) is 0 Å². The summed E-state index contributed by atoms with van der Waals surface area (Å²) in [4.78, 5) is 0. The highest BCUT2D eigenvalue weighted by atomic mass is 28.4. The van der Waals surface area contributed by atoms with Gasteiger partial charge in [0.15, 0.2) is 22.9 Å². The van der Waals surface area contributed by atoms with E-state index in [4.69, 9.17) is 24.1 Å². The molecule has 0 aromatic carbocycles. The first-order valence-corrected chi connectivity index (χ1v) is 13.6. The molecule has 0 unspecified atom stereocenters. The lowest BCUT2D eigenvalue weighted by Gasteiger charge is -2.33. The van der Waals surface area contributed by atoms with Crippen molar-refractivity contribution in [2.45, 2.75) is 63.9 Å². The number of hydrogen-bond donors (Lipinski definition) is 1. The standard InChI is InChI=1S/C12H29NO4Si2/c1-14-12-11(17-19(5,6)7)10(9(8-13)15-12)16-18(2,3)4/h9-12H,8,13H2,1-7H3/t9-,10-,11-,12+/m1/s1. The third-order valence-corrected chi connectivity index (χ3v) is 4.67. The smallest absolute Gasteiger partial charge is 0.185 e. The molecule has 0 spiro atoms. The average Bonchev–Trinajstić information content (AvgIpc) is 2.52. The molecule has 0 radical (unpaired) electrons. The summed E-state index contributed by atoms with van der Waals surface area (Å²) in [5, 5.41) is 0. The van der Waals surface area contributed by atoms with Gasteiger partial charge < -0.3 is 24.1 Å². The number of hydrogen-bond acceptors (Lipinski definition) is 5. The zero-order valence-corrected chi connectivity index (χ0v) is 15.2. The quantitative estimate of drug-likeness (QED) is 0.758. The maximum atomic E-state index is 6.24. The van der Waals surface area contributed by atoms with Crippen molar-refractivity contribution in [2.24, 2.45) is 5.73 Å². The van der Waals surface area contributed by atoms with E-state index in [1.54, 1.807) is 7.11 Å². The van der Waals surface area contributed by atoms with Crippen LogP contribution in [0.4, 0.5) is 0 Å². The normalized spacial score (nSPS) is 32.8. The minimum Gasteiger partial charge on any atom is -0.409 e. The van der Waals surface area contributed by atoms with Crippen molar-refractivity contribution < 1.29 is 18.3 Å². The fraction of sp³-hybridized carbons (Fsp3) is 1.00. The van der Waals surface area contributed by atoms with Crippen LogP contribution in [0.15, 0.2) is 0 Å². The van der Waals surface area contributed by atoms with Gasteiger partial charge in [0.25, 0.3) is 0 Å². The first-order valence-electron chi connectivity index (χ1n) is 6.81. The van der Waals surface area contributed by atoms with E-state index in [0.29, 0.717) is 6.54 Å². The van der Waals surface area contributed by atoms with Crippen LogP contribution in [-0.2, 0) is 18.3 Å². The molecule has 0 saturated carbocycles. The summed E-state index contributed by atoms with van der Waals surface area (Å²) in [5.74, 6) is 0. The van der Waals surface area contributed by atoms with Gasteiger partial charge in [0, 0.05) is 13.7 Å². The van der Waals surface area contributed by atoms with E-state index in [9.17, 15) is 0 Å². The number of ether oxygens (including phenoxy) is 2. The van der Waals surface area contributed by atoms with Crippen LogP contribution in [0.1, 0.15) is 0 Å². The van der Waals surface area contributed by atoms with Crippen LogP contribution < -0.4 is 5.73 Å². The Labute approximate surface area is 119 Å². The highest BCUT2D eigenvalue weighted by Gasteiger charge is 2.48. The molecule has 19 heavy (non-hydrogen) atoms. The van der Waals surface area contributed by atoms with Crippen LogP contribution in [0.2, 0.25) is 39.3 Å². The second-order valence-corrected chi connectivity index (χ2v) is 15.8.